The molecule has 1 spiro atoms. The van der Waals surface area contributed by atoms with Crippen molar-refractivity contribution < 1.29 is 13.5 Å². The third-order valence-corrected chi connectivity index (χ3v) is 5.88. The van der Waals surface area contributed by atoms with E-state index in [-0.39, 0.29) is 23.2 Å². The fraction of sp³-hybridized carbons (Fsp3) is 1.00. The molecule has 0 radical (unpaired) electrons. The molecular formula is C9H17NO3S. The molecular weight excluding hydrogens is 202 g/mol. The Labute approximate surface area is 84.4 Å². The minimum absolute atomic E-state index is 0.0268. The fourth-order valence-corrected chi connectivity index (χ4v) is 5.06. The summed E-state index contributed by atoms with van der Waals surface area (Å²) in [7, 11) is -2.89. The van der Waals surface area contributed by atoms with Gasteiger partial charge < -0.3 is 10.8 Å². The van der Waals surface area contributed by atoms with Crippen LogP contribution in [0.1, 0.15) is 19.3 Å². The lowest BCUT2D eigenvalue weighted by Crippen LogP contribution is -2.35. The van der Waals surface area contributed by atoms with Gasteiger partial charge in [-0.3, -0.25) is 0 Å². The molecule has 5 heteroatoms. The predicted molar refractivity (Wildman–Crippen MR) is 53.5 cm³/mol. The minimum Gasteiger partial charge on any atom is -0.396 e. The molecule has 0 aromatic heterocycles. The van der Waals surface area contributed by atoms with Gasteiger partial charge in [0.15, 0.2) is 9.84 Å². The second-order valence-corrected chi connectivity index (χ2v) is 6.98. The Balaban J connectivity index is 2.21. The first-order valence-electron chi connectivity index (χ1n) is 5.01. The van der Waals surface area contributed by atoms with E-state index in [0.717, 1.165) is 19.3 Å². The van der Waals surface area contributed by atoms with Crippen LogP contribution in [0, 0.1) is 10.8 Å². The molecule has 0 aromatic rings. The van der Waals surface area contributed by atoms with Crippen molar-refractivity contribution in [3.63, 3.8) is 0 Å². The molecule has 14 heavy (non-hydrogen) atoms. The third kappa shape index (κ3) is 1.30. The van der Waals surface area contributed by atoms with Crippen molar-refractivity contribution in [3.05, 3.63) is 0 Å². The second kappa shape index (κ2) is 2.93. The quantitative estimate of drug-likeness (QED) is 0.657. The SMILES string of the molecule is NCC1(CO)CC12CCCS(=O)(=O)C2. The monoisotopic (exact) mass is 219 g/mol. The zero-order valence-electron chi connectivity index (χ0n) is 8.20. The Morgan fingerprint density at radius 3 is 2.57 bits per heavy atom. The largest absolute Gasteiger partial charge is 0.396 e. The van der Waals surface area contributed by atoms with Gasteiger partial charge in [-0.1, -0.05) is 0 Å². The first-order valence-corrected chi connectivity index (χ1v) is 6.83. The van der Waals surface area contributed by atoms with Gasteiger partial charge in [-0.05, 0) is 24.7 Å². The van der Waals surface area contributed by atoms with E-state index in [1.165, 1.54) is 0 Å². The van der Waals surface area contributed by atoms with E-state index in [1.807, 2.05) is 0 Å². The van der Waals surface area contributed by atoms with Gasteiger partial charge in [0, 0.05) is 12.0 Å². The number of hydrogen-bond donors (Lipinski definition) is 2. The highest BCUT2D eigenvalue weighted by Gasteiger charge is 2.67. The van der Waals surface area contributed by atoms with Crippen LogP contribution >= 0.6 is 0 Å². The maximum Gasteiger partial charge on any atom is 0.150 e. The van der Waals surface area contributed by atoms with Gasteiger partial charge in [-0.2, -0.15) is 0 Å². The first-order chi connectivity index (χ1) is 6.49. The molecule has 1 aliphatic carbocycles. The van der Waals surface area contributed by atoms with Crippen LogP contribution < -0.4 is 5.73 Å². The van der Waals surface area contributed by atoms with Gasteiger partial charge in [0.25, 0.3) is 0 Å². The maximum absolute atomic E-state index is 11.5. The summed E-state index contributed by atoms with van der Waals surface area (Å²) in [6.07, 6.45) is 2.42. The van der Waals surface area contributed by atoms with Crippen molar-refractivity contribution in [2.24, 2.45) is 16.6 Å². The average molecular weight is 219 g/mol. The second-order valence-electron chi connectivity index (χ2n) is 4.80. The fourth-order valence-electron chi connectivity index (χ4n) is 2.93. The van der Waals surface area contributed by atoms with Gasteiger partial charge >= 0.3 is 0 Å². The van der Waals surface area contributed by atoms with E-state index in [0.29, 0.717) is 12.3 Å². The van der Waals surface area contributed by atoms with Crippen LogP contribution in [0.4, 0.5) is 0 Å². The lowest BCUT2D eigenvalue weighted by Gasteiger charge is -2.27. The first kappa shape index (κ1) is 10.4. The molecule has 4 nitrogen and oxygen atoms in total. The minimum atomic E-state index is -2.89. The highest BCUT2D eigenvalue weighted by Crippen LogP contribution is 2.67. The molecule has 82 valence electrons. The average Bonchev–Trinajstić information content (AvgIpc) is 2.71. The van der Waals surface area contributed by atoms with Gasteiger partial charge in [0.1, 0.15) is 0 Å². The number of sulfone groups is 1. The zero-order valence-corrected chi connectivity index (χ0v) is 9.02. The molecule has 2 aliphatic rings. The number of nitrogens with two attached hydrogens (primary N) is 1. The lowest BCUT2D eigenvalue weighted by molar-refractivity contribution is 0.175. The Kier molecular flexibility index (Phi) is 2.18. The summed E-state index contributed by atoms with van der Waals surface area (Å²) in [4.78, 5) is 0. The van der Waals surface area contributed by atoms with Crippen molar-refractivity contribution in [2.75, 3.05) is 24.7 Å². The number of aliphatic hydroxyl groups excluding tert-OH is 1. The summed E-state index contributed by atoms with van der Waals surface area (Å²) in [5, 5.41) is 9.27. The highest BCUT2D eigenvalue weighted by atomic mass is 32.2. The van der Waals surface area contributed by atoms with Crippen LogP contribution in [0.15, 0.2) is 0 Å². The van der Waals surface area contributed by atoms with Crippen LogP contribution in [-0.4, -0.2) is 38.2 Å². The Morgan fingerprint density at radius 1 is 1.43 bits per heavy atom. The number of aliphatic hydroxyl groups is 1. The van der Waals surface area contributed by atoms with Crippen molar-refractivity contribution in [2.45, 2.75) is 19.3 Å². The van der Waals surface area contributed by atoms with Crippen LogP contribution in [0.2, 0.25) is 0 Å². The zero-order chi connectivity index (χ0) is 10.4. The molecule has 0 bridgehead atoms. The topological polar surface area (TPSA) is 80.4 Å². The van der Waals surface area contributed by atoms with E-state index in [1.54, 1.807) is 0 Å². The van der Waals surface area contributed by atoms with Gasteiger partial charge in [-0.25, -0.2) is 8.42 Å². The summed E-state index contributed by atoms with van der Waals surface area (Å²) in [5.41, 5.74) is 5.14. The van der Waals surface area contributed by atoms with E-state index in [2.05, 4.69) is 0 Å². The van der Waals surface area contributed by atoms with E-state index >= 15 is 0 Å². The number of rotatable bonds is 2. The summed E-state index contributed by atoms with van der Waals surface area (Å²) < 4.78 is 23.0. The molecule has 1 aliphatic heterocycles. The van der Waals surface area contributed by atoms with Gasteiger partial charge in [0.2, 0.25) is 0 Å². The van der Waals surface area contributed by atoms with Crippen LogP contribution in [0.25, 0.3) is 0 Å². The predicted octanol–water partition coefficient (Wildman–Crippen LogP) is -0.478. The molecule has 1 saturated heterocycles. The molecule has 3 N–H and O–H groups in total. The van der Waals surface area contributed by atoms with Crippen LogP contribution in [-0.2, 0) is 9.84 Å². The van der Waals surface area contributed by atoms with E-state index in [4.69, 9.17) is 5.73 Å². The third-order valence-electron chi connectivity index (χ3n) is 3.98. The summed E-state index contributed by atoms with van der Waals surface area (Å²) in [5.74, 6) is 0.540. The molecule has 2 fully saturated rings. The molecule has 1 heterocycles. The molecule has 2 atom stereocenters. The smallest absolute Gasteiger partial charge is 0.150 e. The van der Waals surface area contributed by atoms with Gasteiger partial charge in [-0.15, -0.1) is 0 Å². The normalized spacial score (nSPS) is 45.3. The molecule has 0 aromatic carbocycles. The highest BCUT2D eigenvalue weighted by molar-refractivity contribution is 7.91. The molecule has 2 unspecified atom stereocenters. The van der Waals surface area contributed by atoms with E-state index in [9.17, 15) is 13.5 Å². The van der Waals surface area contributed by atoms with E-state index < -0.39 is 9.84 Å². The number of hydrogen-bond acceptors (Lipinski definition) is 4. The summed E-state index contributed by atoms with van der Waals surface area (Å²) in [6.45, 7) is 0.429. The van der Waals surface area contributed by atoms with Crippen molar-refractivity contribution in [1.82, 2.24) is 0 Å². The van der Waals surface area contributed by atoms with Crippen molar-refractivity contribution in [1.29, 1.82) is 0 Å². The molecule has 0 amide bonds. The Morgan fingerprint density at radius 2 is 2.14 bits per heavy atom. The Hall–Kier alpha value is -0.130. The van der Waals surface area contributed by atoms with Gasteiger partial charge in [0.05, 0.1) is 18.1 Å². The summed E-state index contributed by atoms with van der Waals surface area (Å²) in [6, 6.07) is 0. The summed E-state index contributed by atoms with van der Waals surface area (Å²) >= 11 is 0. The van der Waals surface area contributed by atoms with Crippen LogP contribution in [0.3, 0.4) is 0 Å². The van der Waals surface area contributed by atoms with Crippen LogP contribution in [0.5, 0.6) is 0 Å². The Bertz CT molecular complexity index is 334. The molecule has 1 saturated carbocycles. The van der Waals surface area contributed by atoms with Crippen molar-refractivity contribution in [3.8, 4) is 0 Å². The lowest BCUT2D eigenvalue weighted by atomic mass is 9.90. The molecule has 2 rings (SSSR count). The maximum atomic E-state index is 11.5. The van der Waals surface area contributed by atoms with Crippen molar-refractivity contribution >= 4 is 9.84 Å². The standard InChI is InChI=1S/C9H17NO3S/c10-5-9(6-11)4-8(9)2-1-3-14(12,13)7-8/h11H,1-7,10H2.